The van der Waals surface area contributed by atoms with E-state index < -0.39 is 35.8 Å². The Morgan fingerprint density at radius 3 is 2.42 bits per heavy atom. The van der Waals surface area contributed by atoms with E-state index in [2.05, 4.69) is 0 Å². The molecule has 1 aliphatic rings. The van der Waals surface area contributed by atoms with Gasteiger partial charge in [0.15, 0.2) is 0 Å². The van der Waals surface area contributed by atoms with Crippen LogP contribution in [0, 0.1) is 6.92 Å². The summed E-state index contributed by atoms with van der Waals surface area (Å²) in [5.74, 6) is 0.338. The van der Waals surface area contributed by atoms with E-state index in [-0.39, 0.29) is 0 Å². The van der Waals surface area contributed by atoms with Crippen molar-refractivity contribution in [2.75, 3.05) is 7.11 Å². The summed E-state index contributed by atoms with van der Waals surface area (Å²) in [4.78, 5) is 12.7. The van der Waals surface area contributed by atoms with Crippen LogP contribution in [0.25, 0.3) is 22.1 Å². The average Bonchev–Trinajstić information content (AvgIpc) is 2.72. The van der Waals surface area contributed by atoms with Crippen LogP contribution in [0.1, 0.15) is 19.4 Å². The van der Waals surface area contributed by atoms with Crippen LogP contribution in [-0.4, -0.2) is 47.5 Å². The van der Waals surface area contributed by atoms with Gasteiger partial charge in [0.25, 0.3) is 0 Å². The first kappa shape index (κ1) is 21.5. The summed E-state index contributed by atoms with van der Waals surface area (Å²) in [5, 5.41) is 21.6. The van der Waals surface area contributed by atoms with E-state index >= 15 is 0 Å². The number of ether oxygens (including phenoxy) is 3. The standard InChI is InChI=1S/C24H26O7/c1-13-16-11-10-15(29-23-20(26)19(25)21(28-4)24(2,3)31-23)12-17(16)30-22(27)18(13)14-8-6-5-7-9-14/h5-12,19-21,23,25-26H,1-4H3/t19-,20+,21+,23+/m0/s1. The van der Waals surface area contributed by atoms with Gasteiger partial charge < -0.3 is 28.8 Å². The topological polar surface area (TPSA) is 98.4 Å². The average molecular weight is 426 g/mol. The Bertz CT molecular complexity index is 1140. The van der Waals surface area contributed by atoms with Gasteiger partial charge in [0.2, 0.25) is 6.29 Å². The molecule has 31 heavy (non-hydrogen) atoms. The number of hydrogen-bond acceptors (Lipinski definition) is 7. The second-order valence-corrected chi connectivity index (χ2v) is 8.26. The van der Waals surface area contributed by atoms with Gasteiger partial charge in [-0.1, -0.05) is 30.3 Å². The zero-order valence-corrected chi connectivity index (χ0v) is 17.9. The fourth-order valence-corrected chi connectivity index (χ4v) is 4.19. The SMILES string of the molecule is CO[C@@H]1[C@@H](O)[C@@H](O)[C@H](Oc2ccc3c(C)c(-c4ccccc4)c(=O)oc3c2)OC1(C)C. The van der Waals surface area contributed by atoms with Crippen LogP contribution < -0.4 is 10.4 Å². The van der Waals surface area contributed by atoms with Crippen molar-refractivity contribution >= 4 is 11.0 Å². The molecule has 0 aliphatic carbocycles. The third-order valence-electron chi connectivity index (χ3n) is 5.75. The fraction of sp³-hybridized carbons (Fsp3) is 0.375. The molecule has 3 aromatic rings. The summed E-state index contributed by atoms with van der Waals surface area (Å²) in [6.07, 6.45) is -4.34. The molecule has 1 saturated heterocycles. The van der Waals surface area contributed by atoms with E-state index in [1.165, 1.54) is 7.11 Å². The number of aryl methyl sites for hydroxylation is 1. The van der Waals surface area contributed by atoms with Crippen LogP contribution in [0.4, 0.5) is 0 Å². The predicted octanol–water partition coefficient (Wildman–Crippen LogP) is 3.02. The maximum atomic E-state index is 12.7. The van der Waals surface area contributed by atoms with Gasteiger partial charge in [-0.25, -0.2) is 4.79 Å². The molecule has 0 radical (unpaired) electrons. The van der Waals surface area contributed by atoms with Crippen molar-refractivity contribution in [3.05, 3.63) is 64.5 Å². The fourth-order valence-electron chi connectivity index (χ4n) is 4.19. The van der Waals surface area contributed by atoms with Crippen LogP contribution in [0.15, 0.2) is 57.7 Å². The molecule has 1 aromatic heterocycles. The molecule has 4 atom stereocenters. The quantitative estimate of drug-likeness (QED) is 0.619. The molecule has 2 N–H and O–H groups in total. The van der Waals surface area contributed by atoms with Crippen molar-refractivity contribution in [3.8, 4) is 16.9 Å². The summed E-state index contributed by atoms with van der Waals surface area (Å²) >= 11 is 0. The van der Waals surface area contributed by atoms with Gasteiger partial charge >= 0.3 is 5.63 Å². The molecule has 1 aliphatic heterocycles. The van der Waals surface area contributed by atoms with Crippen molar-refractivity contribution < 1.29 is 28.8 Å². The van der Waals surface area contributed by atoms with Crippen LogP contribution >= 0.6 is 0 Å². The minimum absolute atomic E-state index is 0.338. The molecule has 0 unspecified atom stereocenters. The van der Waals surface area contributed by atoms with E-state index in [4.69, 9.17) is 18.6 Å². The second-order valence-electron chi connectivity index (χ2n) is 8.26. The summed E-state index contributed by atoms with van der Waals surface area (Å²) in [7, 11) is 1.45. The Morgan fingerprint density at radius 2 is 1.74 bits per heavy atom. The second kappa shape index (κ2) is 8.09. The lowest BCUT2D eigenvalue weighted by Crippen LogP contribution is -2.63. The van der Waals surface area contributed by atoms with Gasteiger partial charge in [-0.3, -0.25) is 0 Å². The molecule has 164 valence electrons. The van der Waals surface area contributed by atoms with Crippen LogP contribution in [-0.2, 0) is 9.47 Å². The van der Waals surface area contributed by atoms with Crippen molar-refractivity contribution in [3.63, 3.8) is 0 Å². The molecule has 7 heteroatoms. The lowest BCUT2D eigenvalue weighted by Gasteiger charge is -2.46. The molecule has 0 bridgehead atoms. The van der Waals surface area contributed by atoms with Crippen LogP contribution in [0.5, 0.6) is 5.75 Å². The number of rotatable bonds is 4. The van der Waals surface area contributed by atoms with Gasteiger partial charge in [0.1, 0.15) is 29.6 Å². The first-order valence-electron chi connectivity index (χ1n) is 10.1. The van der Waals surface area contributed by atoms with E-state index in [0.29, 0.717) is 16.9 Å². The Balaban J connectivity index is 1.67. The molecule has 0 saturated carbocycles. The lowest BCUT2D eigenvalue weighted by atomic mass is 9.89. The molecule has 2 aromatic carbocycles. The number of methoxy groups -OCH3 is 1. The van der Waals surface area contributed by atoms with Gasteiger partial charge in [0, 0.05) is 18.6 Å². The molecule has 2 heterocycles. The number of hydrogen-bond donors (Lipinski definition) is 2. The number of aliphatic hydroxyl groups is 2. The first-order valence-corrected chi connectivity index (χ1v) is 10.1. The highest BCUT2D eigenvalue weighted by atomic mass is 16.7. The van der Waals surface area contributed by atoms with Crippen molar-refractivity contribution in [2.45, 2.75) is 51.0 Å². The van der Waals surface area contributed by atoms with Crippen molar-refractivity contribution in [1.29, 1.82) is 0 Å². The Hall–Kier alpha value is -2.71. The predicted molar refractivity (Wildman–Crippen MR) is 115 cm³/mol. The highest BCUT2D eigenvalue weighted by molar-refractivity contribution is 5.87. The first-order chi connectivity index (χ1) is 14.7. The third-order valence-corrected chi connectivity index (χ3v) is 5.75. The Kier molecular flexibility index (Phi) is 5.61. The smallest absolute Gasteiger partial charge is 0.344 e. The molecular formula is C24H26O7. The highest BCUT2D eigenvalue weighted by Gasteiger charge is 2.50. The van der Waals surface area contributed by atoms with Gasteiger partial charge in [0.05, 0.1) is 11.2 Å². The van der Waals surface area contributed by atoms with Gasteiger partial charge in [-0.15, -0.1) is 0 Å². The molecule has 7 nitrogen and oxygen atoms in total. The maximum Gasteiger partial charge on any atom is 0.344 e. The largest absolute Gasteiger partial charge is 0.462 e. The van der Waals surface area contributed by atoms with Crippen LogP contribution in [0.3, 0.4) is 0 Å². The minimum atomic E-state index is -1.32. The van der Waals surface area contributed by atoms with Gasteiger partial charge in [-0.05, 0) is 44.0 Å². The van der Waals surface area contributed by atoms with E-state index in [0.717, 1.165) is 16.5 Å². The number of aliphatic hydroxyl groups excluding tert-OH is 2. The maximum absolute atomic E-state index is 12.7. The van der Waals surface area contributed by atoms with Gasteiger partial charge in [-0.2, -0.15) is 0 Å². The Labute approximate surface area is 179 Å². The van der Waals surface area contributed by atoms with Crippen LogP contribution in [0.2, 0.25) is 0 Å². The monoisotopic (exact) mass is 426 g/mol. The third kappa shape index (κ3) is 3.85. The van der Waals surface area contributed by atoms with E-state index in [1.54, 1.807) is 32.0 Å². The van der Waals surface area contributed by atoms with E-state index in [9.17, 15) is 15.0 Å². The summed E-state index contributed by atoms with van der Waals surface area (Å²) in [6, 6.07) is 14.4. The molecular weight excluding hydrogens is 400 g/mol. The van der Waals surface area contributed by atoms with Crippen molar-refractivity contribution in [1.82, 2.24) is 0 Å². The lowest BCUT2D eigenvalue weighted by molar-refractivity contribution is -0.305. The zero-order valence-electron chi connectivity index (χ0n) is 17.9. The zero-order chi connectivity index (χ0) is 22.3. The summed E-state index contributed by atoms with van der Waals surface area (Å²) in [6.45, 7) is 5.38. The number of benzene rings is 2. The number of fused-ring (bicyclic) bond motifs is 1. The Morgan fingerprint density at radius 1 is 1.03 bits per heavy atom. The normalized spacial score (nSPS) is 25.5. The highest BCUT2D eigenvalue weighted by Crippen LogP contribution is 2.34. The minimum Gasteiger partial charge on any atom is -0.462 e. The summed E-state index contributed by atoms with van der Waals surface area (Å²) in [5.41, 5.74) is 1.14. The summed E-state index contributed by atoms with van der Waals surface area (Å²) < 4.78 is 22.5. The molecule has 4 rings (SSSR count). The van der Waals surface area contributed by atoms with E-state index in [1.807, 2.05) is 37.3 Å². The molecule has 0 amide bonds. The van der Waals surface area contributed by atoms with Crippen molar-refractivity contribution in [2.24, 2.45) is 0 Å². The molecule has 1 fully saturated rings. The molecule has 0 spiro atoms.